The Morgan fingerprint density at radius 3 is 2.64 bits per heavy atom. The smallest absolute Gasteiger partial charge is 0.406 e. The molecule has 0 aromatic heterocycles. The summed E-state index contributed by atoms with van der Waals surface area (Å²) in [6, 6.07) is 5.55. The average Bonchev–Trinajstić information content (AvgIpc) is 2.83. The topological polar surface area (TPSA) is 61.9 Å². The minimum absolute atomic E-state index is 0.0760. The standard InChI is InChI=1S/C26H36F3N3O3S/c27-26(28,29)35-22-8-10-23(11-9-22)36(33,34)30-12-2-4-13-31-15-5-6-19-16-20-17-21(25(19)31)18-32-14-3-1-7-24(20)32/h8-11,16,20-21,24-25,30H,1-7,12-15,17-18H2/t20-,21+,24+,25+/m0/s1. The van der Waals surface area contributed by atoms with E-state index < -0.39 is 22.1 Å². The fourth-order valence-electron chi connectivity index (χ4n) is 6.89. The minimum Gasteiger partial charge on any atom is -0.406 e. The van der Waals surface area contributed by atoms with Gasteiger partial charge in [0.25, 0.3) is 0 Å². The fraction of sp³-hybridized carbons (Fsp3) is 0.692. The molecule has 4 atom stereocenters. The maximum absolute atomic E-state index is 12.5. The molecule has 3 heterocycles. The second-order valence-electron chi connectivity index (χ2n) is 10.7. The van der Waals surface area contributed by atoms with E-state index in [1.165, 1.54) is 51.6 Å². The molecule has 10 heteroatoms. The molecule has 0 spiro atoms. The number of halogens is 3. The number of sulfonamides is 1. The normalized spacial score (nSPS) is 29.2. The van der Waals surface area contributed by atoms with Crippen LogP contribution in [0.1, 0.15) is 51.4 Å². The molecular weight excluding hydrogens is 491 g/mol. The molecular formula is C26H36F3N3O3S. The highest BCUT2D eigenvalue weighted by Crippen LogP contribution is 2.45. The van der Waals surface area contributed by atoms with Gasteiger partial charge in [-0.15, -0.1) is 13.2 Å². The highest BCUT2D eigenvalue weighted by atomic mass is 32.2. The molecule has 3 saturated heterocycles. The second kappa shape index (κ2) is 10.6. The number of hydrogen-bond donors (Lipinski definition) is 1. The maximum Gasteiger partial charge on any atom is 0.573 e. The van der Waals surface area contributed by atoms with Gasteiger partial charge in [-0.2, -0.15) is 0 Å². The van der Waals surface area contributed by atoms with E-state index in [0.29, 0.717) is 24.9 Å². The molecule has 0 radical (unpaired) electrons. The van der Waals surface area contributed by atoms with Crippen molar-refractivity contribution in [3.63, 3.8) is 0 Å². The number of nitrogens with one attached hydrogen (secondary N) is 1. The van der Waals surface area contributed by atoms with Crippen molar-refractivity contribution in [2.75, 3.05) is 32.7 Å². The lowest BCUT2D eigenvalue weighted by molar-refractivity contribution is -0.274. The Labute approximate surface area is 211 Å². The van der Waals surface area contributed by atoms with Crippen molar-refractivity contribution in [3.8, 4) is 5.75 Å². The van der Waals surface area contributed by atoms with Gasteiger partial charge in [-0.3, -0.25) is 9.80 Å². The van der Waals surface area contributed by atoms with Gasteiger partial charge in [0.2, 0.25) is 10.0 Å². The number of piperidine rings is 3. The lowest BCUT2D eigenvalue weighted by Gasteiger charge is -2.55. The molecule has 2 bridgehead atoms. The first kappa shape index (κ1) is 26.0. The minimum atomic E-state index is -4.81. The summed E-state index contributed by atoms with van der Waals surface area (Å²) in [6.45, 7) is 4.81. The Bertz CT molecular complexity index is 1040. The highest BCUT2D eigenvalue weighted by Gasteiger charge is 2.45. The lowest BCUT2D eigenvalue weighted by Crippen LogP contribution is -2.59. The van der Waals surface area contributed by atoms with Crippen LogP contribution in [0.2, 0.25) is 0 Å². The molecule has 3 aliphatic heterocycles. The average molecular weight is 528 g/mol. The van der Waals surface area contributed by atoms with Gasteiger partial charge in [0.15, 0.2) is 0 Å². The number of ether oxygens (including phenoxy) is 1. The lowest BCUT2D eigenvalue weighted by atomic mass is 9.68. The van der Waals surface area contributed by atoms with Crippen molar-refractivity contribution < 1.29 is 26.3 Å². The monoisotopic (exact) mass is 527 g/mol. The van der Waals surface area contributed by atoms with Gasteiger partial charge in [0.05, 0.1) is 4.90 Å². The molecule has 5 rings (SSSR count). The third-order valence-electron chi connectivity index (χ3n) is 8.29. The van der Waals surface area contributed by atoms with E-state index in [1.807, 2.05) is 0 Å². The summed E-state index contributed by atoms with van der Waals surface area (Å²) in [7, 11) is -3.78. The van der Waals surface area contributed by atoms with Gasteiger partial charge < -0.3 is 4.74 Å². The fourth-order valence-corrected chi connectivity index (χ4v) is 7.96. The number of fused-ring (bicyclic) bond motifs is 6. The maximum atomic E-state index is 12.5. The van der Waals surface area contributed by atoms with Crippen LogP contribution >= 0.6 is 0 Å². The van der Waals surface area contributed by atoms with Crippen LogP contribution in [0.4, 0.5) is 13.2 Å². The van der Waals surface area contributed by atoms with Crippen molar-refractivity contribution in [1.82, 2.24) is 14.5 Å². The van der Waals surface area contributed by atoms with Gasteiger partial charge in [-0.1, -0.05) is 18.1 Å². The molecule has 36 heavy (non-hydrogen) atoms. The molecule has 0 amide bonds. The Morgan fingerprint density at radius 1 is 1.06 bits per heavy atom. The zero-order valence-corrected chi connectivity index (χ0v) is 21.4. The van der Waals surface area contributed by atoms with Crippen LogP contribution in [0.5, 0.6) is 5.75 Å². The highest BCUT2D eigenvalue weighted by molar-refractivity contribution is 7.89. The number of rotatable bonds is 8. The number of unbranched alkanes of at least 4 members (excludes halogenated alkanes) is 1. The van der Waals surface area contributed by atoms with E-state index >= 15 is 0 Å². The first-order chi connectivity index (χ1) is 17.2. The molecule has 6 nitrogen and oxygen atoms in total. The number of likely N-dealkylation sites (tertiary alicyclic amines) is 1. The van der Waals surface area contributed by atoms with Gasteiger partial charge >= 0.3 is 6.36 Å². The molecule has 0 saturated carbocycles. The largest absolute Gasteiger partial charge is 0.573 e. The molecule has 200 valence electrons. The Hall–Kier alpha value is -1.62. The van der Waals surface area contributed by atoms with E-state index in [0.717, 1.165) is 55.7 Å². The van der Waals surface area contributed by atoms with E-state index in [-0.39, 0.29) is 4.90 Å². The van der Waals surface area contributed by atoms with Gasteiger partial charge in [0, 0.05) is 25.2 Å². The quantitative estimate of drug-likeness (QED) is 0.397. The van der Waals surface area contributed by atoms with Crippen LogP contribution in [-0.4, -0.2) is 69.4 Å². The molecule has 4 aliphatic rings. The molecule has 0 unspecified atom stereocenters. The zero-order chi connectivity index (χ0) is 25.3. The number of alkyl halides is 3. The van der Waals surface area contributed by atoms with Crippen molar-refractivity contribution >= 4 is 10.0 Å². The second-order valence-corrected chi connectivity index (χ2v) is 12.4. The summed E-state index contributed by atoms with van der Waals surface area (Å²) in [5.74, 6) is 0.977. The SMILES string of the molecule is O=S(=O)(NCCCCN1CCCC2=C[C@H]3C[C@H](CN4CCCC[C@H]34)[C@@H]21)c1ccc(OC(F)(F)F)cc1. The predicted octanol–water partition coefficient (Wildman–Crippen LogP) is 4.54. The molecule has 1 aromatic rings. The van der Waals surface area contributed by atoms with E-state index in [4.69, 9.17) is 0 Å². The molecule has 3 fully saturated rings. The van der Waals surface area contributed by atoms with Crippen LogP contribution in [0.3, 0.4) is 0 Å². The number of benzene rings is 1. The third-order valence-corrected chi connectivity index (χ3v) is 9.77. The molecule has 1 aromatic carbocycles. The van der Waals surface area contributed by atoms with Gasteiger partial charge in [-0.05, 0) is 101 Å². The van der Waals surface area contributed by atoms with Crippen LogP contribution in [0.15, 0.2) is 40.8 Å². The summed E-state index contributed by atoms with van der Waals surface area (Å²) >= 11 is 0. The molecule has 1 aliphatic carbocycles. The van der Waals surface area contributed by atoms with Crippen LogP contribution in [-0.2, 0) is 10.0 Å². The van der Waals surface area contributed by atoms with E-state index in [2.05, 4.69) is 25.3 Å². The van der Waals surface area contributed by atoms with Crippen LogP contribution in [0, 0.1) is 11.8 Å². The summed E-state index contributed by atoms with van der Waals surface area (Å²) in [6.07, 6.45) is 7.15. The number of hydrogen-bond acceptors (Lipinski definition) is 5. The van der Waals surface area contributed by atoms with Gasteiger partial charge in [0.1, 0.15) is 5.75 Å². The zero-order valence-electron chi connectivity index (χ0n) is 20.5. The summed E-state index contributed by atoms with van der Waals surface area (Å²) in [5.41, 5.74) is 1.64. The van der Waals surface area contributed by atoms with Crippen molar-refractivity contribution in [2.24, 2.45) is 11.8 Å². The number of nitrogens with zero attached hydrogens (tertiary/aromatic N) is 2. The molecule has 1 N–H and O–H groups in total. The van der Waals surface area contributed by atoms with E-state index in [1.54, 1.807) is 5.57 Å². The van der Waals surface area contributed by atoms with E-state index in [9.17, 15) is 21.6 Å². The Balaban J connectivity index is 1.11. The van der Waals surface area contributed by atoms with Crippen LogP contribution < -0.4 is 9.46 Å². The Morgan fingerprint density at radius 2 is 1.86 bits per heavy atom. The third kappa shape index (κ3) is 5.92. The van der Waals surface area contributed by atoms with Crippen molar-refractivity contribution in [3.05, 3.63) is 35.9 Å². The first-order valence-corrected chi connectivity index (χ1v) is 14.7. The summed E-state index contributed by atoms with van der Waals surface area (Å²) in [5, 5.41) is 0. The van der Waals surface area contributed by atoms with Crippen LogP contribution in [0.25, 0.3) is 0 Å². The van der Waals surface area contributed by atoms with Crippen molar-refractivity contribution in [1.29, 1.82) is 0 Å². The van der Waals surface area contributed by atoms with Gasteiger partial charge in [-0.25, -0.2) is 13.1 Å². The Kier molecular flexibility index (Phi) is 7.68. The summed E-state index contributed by atoms with van der Waals surface area (Å²) in [4.78, 5) is 5.31. The summed E-state index contributed by atoms with van der Waals surface area (Å²) < 4.78 is 68.3. The first-order valence-electron chi connectivity index (χ1n) is 13.2. The van der Waals surface area contributed by atoms with Crippen molar-refractivity contribution in [2.45, 2.75) is 74.7 Å². The predicted molar refractivity (Wildman–Crippen MR) is 131 cm³/mol.